The monoisotopic (exact) mass is 455 g/mol. The van der Waals surface area contributed by atoms with Crippen LogP contribution in [-0.2, 0) is 10.5 Å². The molecule has 2 aliphatic rings. The van der Waals surface area contributed by atoms with E-state index in [1.165, 1.54) is 0 Å². The lowest BCUT2D eigenvalue weighted by Crippen LogP contribution is -2.45. The molecule has 8 heteroatoms. The Bertz CT molecular complexity index is 923. The van der Waals surface area contributed by atoms with E-state index in [0.717, 1.165) is 79.2 Å². The second-order valence-corrected chi connectivity index (χ2v) is 9.60. The first-order valence-electron chi connectivity index (χ1n) is 11.4. The Balaban J connectivity index is 1.34. The van der Waals surface area contributed by atoms with Crippen LogP contribution in [0.4, 0.5) is 5.82 Å². The number of nitrogens with zero attached hydrogens (tertiary/aromatic N) is 4. The molecule has 0 radical (unpaired) electrons. The highest BCUT2D eigenvalue weighted by Gasteiger charge is 2.20. The zero-order chi connectivity index (χ0) is 22.5. The van der Waals surface area contributed by atoms with Gasteiger partial charge in [-0.2, -0.15) is 0 Å². The van der Waals surface area contributed by atoms with E-state index >= 15 is 0 Å². The first-order valence-corrected chi connectivity index (χ1v) is 12.4. The van der Waals surface area contributed by atoms with Crippen LogP contribution in [0.3, 0.4) is 0 Å². The number of carbonyl (C=O) groups is 1. The standard InChI is InChI=1S/C24H33N5O2S/c1-17-18(2)26-24(27-22(17)29-12-10-28(3)11-13-29)32-16-19-6-8-20(9-7-19)23(30)25-15-21-5-4-14-31-21/h6-9,21H,4-5,10-16H2,1-3H3,(H,25,30). The summed E-state index contributed by atoms with van der Waals surface area (Å²) in [5.74, 6) is 1.78. The van der Waals surface area contributed by atoms with E-state index in [1.807, 2.05) is 24.3 Å². The maximum absolute atomic E-state index is 12.4. The molecule has 172 valence electrons. The first kappa shape index (κ1) is 23.0. The van der Waals surface area contributed by atoms with Crippen molar-refractivity contribution in [3.05, 3.63) is 46.6 Å². The molecule has 1 aromatic carbocycles. The summed E-state index contributed by atoms with van der Waals surface area (Å²) in [6.45, 7) is 9.65. The van der Waals surface area contributed by atoms with Gasteiger partial charge < -0.3 is 19.9 Å². The summed E-state index contributed by atoms with van der Waals surface area (Å²) in [6, 6.07) is 7.79. The Kier molecular flexibility index (Phi) is 7.65. The molecule has 7 nitrogen and oxygen atoms in total. The number of piperazine rings is 1. The van der Waals surface area contributed by atoms with E-state index in [9.17, 15) is 4.79 Å². The van der Waals surface area contributed by atoms with Crippen molar-refractivity contribution in [3.8, 4) is 0 Å². The van der Waals surface area contributed by atoms with Crippen molar-refractivity contribution >= 4 is 23.5 Å². The Morgan fingerprint density at radius 3 is 2.59 bits per heavy atom. The quantitative estimate of drug-likeness (QED) is 0.508. The summed E-state index contributed by atoms with van der Waals surface area (Å²) in [4.78, 5) is 26.7. The third kappa shape index (κ3) is 5.79. The van der Waals surface area contributed by atoms with Crippen molar-refractivity contribution in [2.45, 2.75) is 43.7 Å². The van der Waals surface area contributed by atoms with E-state index in [-0.39, 0.29) is 12.0 Å². The molecule has 2 aliphatic heterocycles. The molecular formula is C24H33N5O2S. The van der Waals surface area contributed by atoms with Crippen LogP contribution in [0.15, 0.2) is 29.4 Å². The van der Waals surface area contributed by atoms with E-state index in [2.05, 4.69) is 36.0 Å². The summed E-state index contributed by atoms with van der Waals surface area (Å²) in [5, 5.41) is 3.78. The van der Waals surface area contributed by atoms with Gasteiger partial charge in [0.25, 0.3) is 5.91 Å². The lowest BCUT2D eigenvalue weighted by atomic mass is 10.1. The number of rotatable bonds is 7. The third-order valence-electron chi connectivity index (χ3n) is 6.24. The molecule has 1 unspecified atom stereocenters. The molecule has 0 aliphatic carbocycles. The van der Waals surface area contributed by atoms with Gasteiger partial charge in [0, 0.05) is 61.9 Å². The number of amides is 1. The van der Waals surface area contributed by atoms with Crippen LogP contribution in [0.2, 0.25) is 0 Å². The average molecular weight is 456 g/mol. The van der Waals surface area contributed by atoms with Crippen molar-refractivity contribution in [3.63, 3.8) is 0 Å². The van der Waals surface area contributed by atoms with Gasteiger partial charge in [-0.1, -0.05) is 23.9 Å². The number of hydrogen-bond donors (Lipinski definition) is 1. The summed E-state index contributed by atoms with van der Waals surface area (Å²) < 4.78 is 5.57. The molecule has 1 atom stereocenters. The molecule has 4 rings (SSSR count). The number of hydrogen-bond acceptors (Lipinski definition) is 7. The van der Waals surface area contributed by atoms with Crippen molar-refractivity contribution in [1.82, 2.24) is 20.2 Å². The number of benzene rings is 1. The molecule has 32 heavy (non-hydrogen) atoms. The number of likely N-dealkylation sites (N-methyl/N-ethyl adjacent to an activating group) is 1. The van der Waals surface area contributed by atoms with E-state index in [1.54, 1.807) is 11.8 Å². The maximum atomic E-state index is 12.4. The van der Waals surface area contributed by atoms with Crippen LogP contribution in [-0.4, -0.2) is 73.3 Å². The Hall–Kier alpha value is -2.16. The molecule has 2 aromatic rings. The summed E-state index contributed by atoms with van der Waals surface area (Å²) in [7, 11) is 2.16. The van der Waals surface area contributed by atoms with Gasteiger partial charge in [-0.3, -0.25) is 4.79 Å². The molecule has 0 saturated carbocycles. The second kappa shape index (κ2) is 10.6. The molecule has 1 aromatic heterocycles. The zero-order valence-corrected chi connectivity index (χ0v) is 20.1. The van der Waals surface area contributed by atoms with Crippen LogP contribution in [0.25, 0.3) is 0 Å². The number of ether oxygens (including phenoxy) is 1. The van der Waals surface area contributed by atoms with Gasteiger partial charge in [0.05, 0.1) is 6.10 Å². The van der Waals surface area contributed by atoms with Gasteiger partial charge in [-0.25, -0.2) is 9.97 Å². The minimum absolute atomic E-state index is 0.0472. The number of carbonyl (C=O) groups excluding carboxylic acids is 1. The van der Waals surface area contributed by atoms with Crippen LogP contribution in [0, 0.1) is 13.8 Å². The number of aryl methyl sites for hydroxylation is 1. The van der Waals surface area contributed by atoms with Crippen molar-refractivity contribution in [2.24, 2.45) is 0 Å². The molecule has 2 fully saturated rings. The highest BCUT2D eigenvalue weighted by molar-refractivity contribution is 7.98. The Morgan fingerprint density at radius 1 is 1.16 bits per heavy atom. The van der Waals surface area contributed by atoms with Gasteiger partial charge >= 0.3 is 0 Å². The molecule has 0 bridgehead atoms. The highest BCUT2D eigenvalue weighted by atomic mass is 32.2. The normalized spacial score (nSPS) is 19.3. The predicted molar refractivity (Wildman–Crippen MR) is 129 cm³/mol. The van der Waals surface area contributed by atoms with Crippen molar-refractivity contribution in [1.29, 1.82) is 0 Å². The maximum Gasteiger partial charge on any atom is 0.251 e. The minimum atomic E-state index is -0.0472. The average Bonchev–Trinajstić information content (AvgIpc) is 3.33. The van der Waals surface area contributed by atoms with Gasteiger partial charge in [0.15, 0.2) is 5.16 Å². The molecule has 1 amide bonds. The van der Waals surface area contributed by atoms with Crippen LogP contribution in [0.1, 0.15) is 40.0 Å². The Labute approximate surface area is 194 Å². The first-order chi connectivity index (χ1) is 15.5. The largest absolute Gasteiger partial charge is 0.376 e. The summed E-state index contributed by atoms with van der Waals surface area (Å²) >= 11 is 1.64. The Morgan fingerprint density at radius 2 is 1.91 bits per heavy atom. The van der Waals surface area contributed by atoms with Crippen LogP contribution in [0.5, 0.6) is 0 Å². The fourth-order valence-corrected chi connectivity index (χ4v) is 4.83. The van der Waals surface area contributed by atoms with Gasteiger partial charge in [-0.15, -0.1) is 0 Å². The smallest absolute Gasteiger partial charge is 0.251 e. The fraction of sp³-hybridized carbons (Fsp3) is 0.542. The number of nitrogens with one attached hydrogen (secondary N) is 1. The fourth-order valence-electron chi connectivity index (χ4n) is 3.99. The highest BCUT2D eigenvalue weighted by Crippen LogP contribution is 2.26. The van der Waals surface area contributed by atoms with Crippen molar-refractivity contribution in [2.75, 3.05) is 51.3 Å². The van der Waals surface area contributed by atoms with Crippen LogP contribution >= 0.6 is 11.8 Å². The minimum Gasteiger partial charge on any atom is -0.376 e. The molecule has 3 heterocycles. The SMILES string of the molecule is Cc1nc(SCc2ccc(C(=O)NCC3CCCO3)cc2)nc(N2CCN(C)CC2)c1C. The number of thioether (sulfide) groups is 1. The number of anilines is 1. The van der Waals surface area contributed by atoms with E-state index < -0.39 is 0 Å². The lowest BCUT2D eigenvalue weighted by molar-refractivity contribution is 0.0858. The summed E-state index contributed by atoms with van der Waals surface area (Å²) in [6.07, 6.45) is 2.25. The molecule has 0 spiro atoms. The second-order valence-electron chi connectivity index (χ2n) is 8.66. The van der Waals surface area contributed by atoms with Crippen molar-refractivity contribution < 1.29 is 9.53 Å². The predicted octanol–water partition coefficient (Wildman–Crippen LogP) is 3.05. The van der Waals surface area contributed by atoms with Crippen LogP contribution < -0.4 is 10.2 Å². The van der Waals surface area contributed by atoms with E-state index in [4.69, 9.17) is 14.7 Å². The lowest BCUT2D eigenvalue weighted by Gasteiger charge is -2.34. The third-order valence-corrected chi connectivity index (χ3v) is 7.16. The molecule has 2 saturated heterocycles. The zero-order valence-electron chi connectivity index (χ0n) is 19.3. The summed E-state index contributed by atoms with van der Waals surface area (Å²) in [5.41, 5.74) is 4.03. The topological polar surface area (TPSA) is 70.6 Å². The number of aromatic nitrogens is 2. The van der Waals surface area contributed by atoms with E-state index in [0.29, 0.717) is 12.1 Å². The van der Waals surface area contributed by atoms with Gasteiger partial charge in [0.1, 0.15) is 5.82 Å². The molecular weight excluding hydrogens is 422 g/mol. The van der Waals surface area contributed by atoms with Gasteiger partial charge in [-0.05, 0) is 51.4 Å². The molecule has 1 N–H and O–H groups in total. The van der Waals surface area contributed by atoms with Gasteiger partial charge in [0.2, 0.25) is 0 Å².